The number of hydrogen-bond acceptors (Lipinski definition) is 2. The molecule has 0 amide bonds. The highest BCUT2D eigenvalue weighted by Crippen LogP contribution is 1.97. The van der Waals surface area contributed by atoms with Gasteiger partial charge in [0.2, 0.25) is 0 Å². The lowest BCUT2D eigenvalue weighted by molar-refractivity contribution is -0.409. The highest BCUT2D eigenvalue weighted by molar-refractivity contribution is 5.73. The minimum Gasteiger partial charge on any atom is -0.465 e. The SMILES string of the molecule is CCCCC([NH3+])C(=O)OC.[CH3-]. The maximum absolute atomic E-state index is 10.7. The molecule has 0 heterocycles. The second-order valence-corrected chi connectivity index (χ2v) is 2.36. The molecule has 0 aromatic carbocycles. The van der Waals surface area contributed by atoms with Gasteiger partial charge in [0.1, 0.15) is 0 Å². The molecule has 3 N–H and O–H groups in total. The summed E-state index contributed by atoms with van der Waals surface area (Å²) in [6.07, 6.45) is 2.98. The van der Waals surface area contributed by atoms with Gasteiger partial charge in [0, 0.05) is 6.42 Å². The molecule has 1 atom stereocenters. The summed E-state index contributed by atoms with van der Waals surface area (Å²) in [7, 11) is 1.40. The first-order chi connectivity index (χ1) is 4.72. The molecule has 3 heteroatoms. The minimum atomic E-state index is -0.201. The Morgan fingerprint density at radius 3 is 2.55 bits per heavy atom. The summed E-state index contributed by atoms with van der Waals surface area (Å²) in [5.74, 6) is -0.201. The van der Waals surface area contributed by atoms with E-state index in [1.807, 2.05) is 0 Å². The van der Waals surface area contributed by atoms with Gasteiger partial charge in [-0.05, 0) is 6.42 Å². The van der Waals surface area contributed by atoms with E-state index in [0.717, 1.165) is 19.3 Å². The van der Waals surface area contributed by atoms with E-state index >= 15 is 0 Å². The predicted octanol–water partition coefficient (Wildman–Crippen LogP) is 0.410. The number of ether oxygens (including phenoxy) is 1. The van der Waals surface area contributed by atoms with Crippen molar-refractivity contribution in [1.29, 1.82) is 0 Å². The largest absolute Gasteiger partial charge is 0.465 e. The Balaban J connectivity index is 0. The molecule has 11 heavy (non-hydrogen) atoms. The van der Waals surface area contributed by atoms with Crippen LogP contribution in [-0.2, 0) is 9.53 Å². The lowest BCUT2D eigenvalue weighted by Gasteiger charge is -2.03. The molecule has 0 aliphatic heterocycles. The van der Waals surface area contributed by atoms with E-state index in [1.165, 1.54) is 7.11 Å². The molecule has 0 aromatic rings. The van der Waals surface area contributed by atoms with Crippen LogP contribution < -0.4 is 5.73 Å². The Labute approximate surface area is 68.9 Å². The number of quaternary nitrogens is 1. The van der Waals surface area contributed by atoms with Crippen LogP contribution in [0.1, 0.15) is 26.2 Å². The van der Waals surface area contributed by atoms with Gasteiger partial charge in [-0.2, -0.15) is 0 Å². The van der Waals surface area contributed by atoms with Crippen molar-refractivity contribution in [2.75, 3.05) is 7.11 Å². The summed E-state index contributed by atoms with van der Waals surface area (Å²) >= 11 is 0. The zero-order valence-corrected chi connectivity index (χ0v) is 7.72. The Morgan fingerprint density at radius 1 is 1.64 bits per heavy atom. The van der Waals surface area contributed by atoms with E-state index < -0.39 is 0 Å². The van der Waals surface area contributed by atoms with Crippen molar-refractivity contribution in [1.82, 2.24) is 0 Å². The summed E-state index contributed by atoms with van der Waals surface area (Å²) in [4.78, 5) is 10.7. The van der Waals surface area contributed by atoms with Crippen LogP contribution in [0.2, 0.25) is 0 Å². The third-order valence-corrected chi connectivity index (χ3v) is 1.44. The van der Waals surface area contributed by atoms with Crippen molar-refractivity contribution < 1.29 is 15.3 Å². The van der Waals surface area contributed by atoms with Gasteiger partial charge < -0.3 is 17.9 Å². The summed E-state index contributed by atoms with van der Waals surface area (Å²) < 4.78 is 4.51. The number of carbonyl (C=O) groups is 1. The van der Waals surface area contributed by atoms with Crippen molar-refractivity contribution in [3.8, 4) is 0 Å². The fourth-order valence-corrected chi connectivity index (χ4v) is 0.735. The Hall–Kier alpha value is -0.570. The molecule has 0 fully saturated rings. The van der Waals surface area contributed by atoms with Crippen molar-refractivity contribution in [3.05, 3.63) is 7.43 Å². The van der Waals surface area contributed by atoms with Gasteiger partial charge in [0.15, 0.2) is 6.04 Å². The Morgan fingerprint density at radius 2 is 2.18 bits per heavy atom. The second-order valence-electron chi connectivity index (χ2n) is 2.36. The van der Waals surface area contributed by atoms with Gasteiger partial charge in [-0.15, -0.1) is 0 Å². The third kappa shape index (κ3) is 5.85. The number of unbranched alkanes of at least 4 members (excludes halogenated alkanes) is 1. The van der Waals surface area contributed by atoms with Crippen molar-refractivity contribution in [2.45, 2.75) is 32.2 Å². The van der Waals surface area contributed by atoms with E-state index in [4.69, 9.17) is 0 Å². The van der Waals surface area contributed by atoms with Gasteiger partial charge in [-0.25, -0.2) is 4.79 Å². The van der Waals surface area contributed by atoms with Crippen molar-refractivity contribution in [2.24, 2.45) is 0 Å². The first kappa shape index (κ1) is 13.1. The molecule has 0 bridgehead atoms. The van der Waals surface area contributed by atoms with Crippen LogP contribution in [0.25, 0.3) is 0 Å². The molecule has 0 spiro atoms. The Kier molecular flexibility index (Phi) is 8.94. The lowest BCUT2D eigenvalue weighted by atomic mass is 10.1. The molecule has 0 radical (unpaired) electrons. The lowest BCUT2D eigenvalue weighted by Crippen LogP contribution is -2.65. The van der Waals surface area contributed by atoms with E-state index in [-0.39, 0.29) is 19.4 Å². The standard InChI is InChI=1S/C7H15NO2.CH3/c1-3-4-5-6(8)7(9)10-2;/h6H,3-5,8H2,1-2H3;1H3/q;-1/p+1. The van der Waals surface area contributed by atoms with Crippen LogP contribution in [0.15, 0.2) is 0 Å². The predicted molar refractivity (Wildman–Crippen MR) is 44.6 cm³/mol. The van der Waals surface area contributed by atoms with E-state index in [0.29, 0.717) is 0 Å². The first-order valence-corrected chi connectivity index (χ1v) is 3.63. The van der Waals surface area contributed by atoms with E-state index in [2.05, 4.69) is 17.4 Å². The number of carbonyl (C=O) groups excluding carboxylic acids is 1. The summed E-state index contributed by atoms with van der Waals surface area (Å²) in [6.45, 7) is 2.09. The molecule has 1 unspecified atom stereocenters. The van der Waals surface area contributed by atoms with Gasteiger partial charge in [0.25, 0.3) is 0 Å². The molecular weight excluding hydrogens is 142 g/mol. The molecule has 0 aliphatic rings. The zero-order valence-electron chi connectivity index (χ0n) is 7.72. The summed E-state index contributed by atoms with van der Waals surface area (Å²) in [5.41, 5.74) is 3.67. The van der Waals surface area contributed by atoms with Crippen LogP contribution in [-0.4, -0.2) is 19.1 Å². The molecule has 3 nitrogen and oxygen atoms in total. The fraction of sp³-hybridized carbons (Fsp3) is 0.750. The molecule has 68 valence electrons. The van der Waals surface area contributed by atoms with Gasteiger partial charge in [-0.1, -0.05) is 13.3 Å². The number of esters is 1. The summed E-state index contributed by atoms with van der Waals surface area (Å²) in [6, 6.07) is -0.176. The highest BCUT2D eigenvalue weighted by atomic mass is 16.5. The smallest absolute Gasteiger partial charge is 0.364 e. The second kappa shape index (κ2) is 7.54. The number of methoxy groups -OCH3 is 1. The van der Waals surface area contributed by atoms with Crippen LogP contribution in [0.5, 0.6) is 0 Å². The maximum atomic E-state index is 10.7. The normalized spacial score (nSPS) is 11.5. The van der Waals surface area contributed by atoms with Crippen LogP contribution >= 0.6 is 0 Å². The first-order valence-electron chi connectivity index (χ1n) is 3.63. The van der Waals surface area contributed by atoms with Crippen molar-refractivity contribution in [3.63, 3.8) is 0 Å². The van der Waals surface area contributed by atoms with Crippen LogP contribution in [0.3, 0.4) is 0 Å². The molecule has 0 rings (SSSR count). The molecule has 0 aliphatic carbocycles. The molecule has 0 saturated heterocycles. The molecular formula is C8H19NO2. The topological polar surface area (TPSA) is 53.9 Å². The molecule has 0 saturated carbocycles. The third-order valence-electron chi connectivity index (χ3n) is 1.44. The van der Waals surface area contributed by atoms with E-state index in [1.54, 1.807) is 0 Å². The highest BCUT2D eigenvalue weighted by Gasteiger charge is 2.15. The Bertz CT molecular complexity index is 104. The van der Waals surface area contributed by atoms with Crippen LogP contribution in [0.4, 0.5) is 0 Å². The minimum absolute atomic E-state index is 0. The monoisotopic (exact) mass is 161 g/mol. The van der Waals surface area contributed by atoms with Gasteiger partial charge in [0.05, 0.1) is 7.11 Å². The quantitative estimate of drug-likeness (QED) is 0.479. The number of rotatable bonds is 4. The zero-order chi connectivity index (χ0) is 7.98. The fourth-order valence-electron chi connectivity index (χ4n) is 0.735. The average molecular weight is 161 g/mol. The number of hydrogen-bond donors (Lipinski definition) is 1. The van der Waals surface area contributed by atoms with Crippen molar-refractivity contribution >= 4 is 5.97 Å². The molecule has 0 aromatic heterocycles. The van der Waals surface area contributed by atoms with Gasteiger partial charge >= 0.3 is 5.97 Å². The maximum Gasteiger partial charge on any atom is 0.364 e. The average Bonchev–Trinajstić information content (AvgIpc) is 1.98. The van der Waals surface area contributed by atoms with Crippen LogP contribution in [0, 0.1) is 7.43 Å². The van der Waals surface area contributed by atoms with Gasteiger partial charge in [-0.3, -0.25) is 0 Å². The summed E-state index contributed by atoms with van der Waals surface area (Å²) in [5, 5.41) is 0. The van der Waals surface area contributed by atoms with E-state index in [9.17, 15) is 4.79 Å².